The van der Waals surface area contributed by atoms with Gasteiger partial charge in [-0.15, -0.1) is 48.0 Å². The fourth-order valence-electron chi connectivity index (χ4n) is 9.89. The van der Waals surface area contributed by atoms with Crippen LogP contribution in [0.1, 0.15) is 61.8 Å². The summed E-state index contributed by atoms with van der Waals surface area (Å²) < 4.78 is 24.5. The molecular weight excluding hydrogens is 1050 g/mol. The number of hydrogen-bond donors (Lipinski definition) is 0. The van der Waals surface area contributed by atoms with Crippen molar-refractivity contribution < 1.29 is 28.9 Å². The van der Waals surface area contributed by atoms with Crippen molar-refractivity contribution in [3.63, 3.8) is 0 Å². The van der Waals surface area contributed by atoms with Crippen molar-refractivity contribution in [3.05, 3.63) is 228 Å². The number of nitrogens with zero attached hydrogens (tertiary/aromatic N) is 4. The Morgan fingerprint density at radius 2 is 1.07 bits per heavy atom. The average Bonchev–Trinajstić information content (AvgIpc) is 4.08. The normalized spacial score (nSPS) is 11.5. The molecule has 351 valence electrons. The van der Waals surface area contributed by atoms with Crippen LogP contribution < -0.4 is 0 Å². The minimum atomic E-state index is -0.298. The van der Waals surface area contributed by atoms with Gasteiger partial charge in [0.15, 0.2) is 0 Å². The van der Waals surface area contributed by atoms with Gasteiger partial charge in [0.2, 0.25) is 0 Å². The molecule has 0 aliphatic heterocycles. The molecule has 12 rings (SSSR count). The number of furan rings is 1. The monoisotopic (exact) mass is 1100 g/mol. The van der Waals surface area contributed by atoms with Gasteiger partial charge in [0.05, 0.1) is 39.3 Å². The van der Waals surface area contributed by atoms with Crippen LogP contribution in [0.25, 0.3) is 100 Å². The van der Waals surface area contributed by atoms with Crippen LogP contribution in [-0.2, 0) is 20.1 Å². The molecule has 12 aromatic rings. The molecule has 0 aliphatic rings. The van der Waals surface area contributed by atoms with Gasteiger partial charge < -0.3 is 13.6 Å². The Morgan fingerprint density at radius 3 is 1.66 bits per heavy atom. The summed E-state index contributed by atoms with van der Waals surface area (Å²) in [4.78, 5) is 10.1. The quantitative estimate of drug-likeness (QED) is 0.143. The molecule has 3 aromatic heterocycles. The Balaban J connectivity index is 0.000000196. The predicted molar refractivity (Wildman–Crippen MR) is 286 cm³/mol. The summed E-state index contributed by atoms with van der Waals surface area (Å²) in [7, 11) is 0. The molecule has 7 heteroatoms. The maximum atomic E-state index is 13.3. The van der Waals surface area contributed by atoms with Crippen LogP contribution in [0.4, 0.5) is 4.39 Å². The van der Waals surface area contributed by atoms with E-state index in [0.29, 0.717) is 0 Å². The first-order valence-electron chi connectivity index (χ1n) is 24.0. The fraction of sp³-hybridized carbons (Fsp3) is 0.125. The number of aryl methyl sites for hydroxylation is 2. The van der Waals surface area contributed by atoms with E-state index in [1.807, 2.05) is 30.3 Å². The molecule has 1 radical (unpaired) electrons. The third-order valence-corrected chi connectivity index (χ3v) is 13.3. The molecule has 0 atom stereocenters. The van der Waals surface area contributed by atoms with E-state index in [1.165, 1.54) is 56.8 Å². The molecule has 0 saturated heterocycles. The van der Waals surface area contributed by atoms with Gasteiger partial charge in [-0.2, -0.15) is 0 Å². The molecule has 0 aliphatic carbocycles. The van der Waals surface area contributed by atoms with E-state index in [-0.39, 0.29) is 37.8 Å². The Morgan fingerprint density at radius 1 is 0.507 bits per heavy atom. The first kappa shape index (κ1) is 47.0. The summed E-state index contributed by atoms with van der Waals surface area (Å²) in [5.74, 6) is 1.88. The zero-order chi connectivity index (χ0) is 48.0. The van der Waals surface area contributed by atoms with Crippen LogP contribution in [-0.4, -0.2) is 19.1 Å². The van der Waals surface area contributed by atoms with Gasteiger partial charge in [0.1, 0.15) is 5.58 Å². The van der Waals surface area contributed by atoms with Crippen molar-refractivity contribution in [2.75, 3.05) is 0 Å². The van der Waals surface area contributed by atoms with Crippen LogP contribution >= 0.6 is 0 Å². The van der Waals surface area contributed by atoms with Gasteiger partial charge in [-0.3, -0.25) is 14.4 Å². The summed E-state index contributed by atoms with van der Waals surface area (Å²) in [6.07, 6.45) is 0. The molecule has 0 bridgehead atoms. The van der Waals surface area contributed by atoms with Crippen LogP contribution in [0.15, 0.2) is 192 Å². The molecule has 9 aromatic carbocycles. The topological polar surface area (TPSA) is 48.8 Å². The minimum Gasteiger partial charge on any atom is -0.501 e. The summed E-state index contributed by atoms with van der Waals surface area (Å²) in [6.45, 7) is 13.3. The van der Waals surface area contributed by atoms with Crippen molar-refractivity contribution in [2.24, 2.45) is 0 Å². The van der Waals surface area contributed by atoms with Crippen molar-refractivity contribution in [2.45, 2.75) is 53.4 Å². The zero-order valence-corrected chi connectivity index (χ0v) is 42.9. The molecule has 0 spiro atoms. The number of fused-ring (bicyclic) bond motifs is 5. The summed E-state index contributed by atoms with van der Waals surface area (Å²) >= 11 is 0. The van der Waals surface area contributed by atoms with Crippen molar-refractivity contribution >= 4 is 44.0 Å². The fourth-order valence-corrected chi connectivity index (χ4v) is 9.89. The Bertz CT molecular complexity index is 3820. The summed E-state index contributed by atoms with van der Waals surface area (Å²) in [6, 6.07) is 70.3. The average molecular weight is 1100 g/mol. The first-order chi connectivity index (χ1) is 34.1. The number of halogens is 1. The summed E-state index contributed by atoms with van der Waals surface area (Å²) in [5.41, 5.74) is 19.2. The SMILES string of the molecule is CC(C)c1cc(-c2ccccc2)cc(C(C)C)c1-n1c(-c2[c-]ccc3c2oc2cc(-c4ccccc4)ccc23)nc2ccccc21.Cc1cccc(C)c1-n1c(-c2[c-]cc(F)cc2)nc2ccccc21.[Ir]. The van der Waals surface area contributed by atoms with Crippen LogP contribution in [0, 0.1) is 31.8 Å². The number of rotatable bonds is 8. The largest absolute Gasteiger partial charge is 0.501 e. The smallest absolute Gasteiger partial charge is 0.121 e. The van der Waals surface area contributed by atoms with E-state index in [4.69, 9.17) is 14.4 Å². The third kappa shape index (κ3) is 8.71. The number of para-hydroxylation sites is 5. The standard InChI is InChI=1S/C43H35N2O.C21H16FN2.Ir/c1-27(2)36-24-32(30-16-9-6-10-17-30)25-37(28(3)4)41(36)45-39-21-12-11-20-38(39)44-43(45)35-19-13-18-34-33-23-22-31(26-40(33)46-42(34)35)29-14-7-5-8-15-29;1-14-6-5-7-15(2)20(14)24-19-9-4-3-8-18(19)23-21(24)16-10-12-17(22)13-11-16;/h5-18,20-28H,1-4H3;3-10,12-13H,1-2H3;/q2*-1;. The van der Waals surface area contributed by atoms with Crippen molar-refractivity contribution in [1.82, 2.24) is 19.1 Å². The second kappa shape index (κ2) is 19.6. The molecule has 0 fully saturated rings. The molecule has 3 heterocycles. The molecule has 0 N–H and O–H groups in total. The second-order valence-electron chi connectivity index (χ2n) is 18.6. The van der Waals surface area contributed by atoms with E-state index >= 15 is 0 Å². The summed E-state index contributed by atoms with van der Waals surface area (Å²) in [5, 5.41) is 2.15. The van der Waals surface area contributed by atoms with Crippen molar-refractivity contribution in [3.8, 4) is 56.4 Å². The van der Waals surface area contributed by atoms with Crippen molar-refractivity contribution in [1.29, 1.82) is 0 Å². The molecule has 0 saturated carbocycles. The van der Waals surface area contributed by atoms with Crippen LogP contribution in [0.3, 0.4) is 0 Å². The third-order valence-electron chi connectivity index (χ3n) is 13.3. The second-order valence-corrected chi connectivity index (χ2v) is 18.6. The number of hydrogen-bond acceptors (Lipinski definition) is 3. The molecular formula is C64H51FIrN4O-2. The van der Waals surface area contributed by atoms with Crippen LogP contribution in [0.2, 0.25) is 0 Å². The maximum absolute atomic E-state index is 13.3. The van der Waals surface area contributed by atoms with Gasteiger partial charge in [0, 0.05) is 42.7 Å². The molecule has 0 amide bonds. The first-order valence-corrected chi connectivity index (χ1v) is 24.0. The van der Waals surface area contributed by atoms with E-state index in [0.717, 1.165) is 78.0 Å². The van der Waals surface area contributed by atoms with Gasteiger partial charge in [-0.25, -0.2) is 0 Å². The molecule has 0 unspecified atom stereocenters. The van der Waals surface area contributed by atoms with E-state index in [2.05, 4.69) is 202 Å². The predicted octanol–water partition coefficient (Wildman–Crippen LogP) is 17.2. The Labute approximate surface area is 427 Å². The molecule has 5 nitrogen and oxygen atoms in total. The van der Waals surface area contributed by atoms with Gasteiger partial charge in [0.25, 0.3) is 0 Å². The Kier molecular flexibility index (Phi) is 13.0. The number of imidazole rings is 2. The van der Waals surface area contributed by atoms with E-state index in [1.54, 1.807) is 6.07 Å². The van der Waals surface area contributed by atoms with E-state index < -0.39 is 0 Å². The molecule has 71 heavy (non-hydrogen) atoms. The van der Waals surface area contributed by atoms with Gasteiger partial charge >= 0.3 is 0 Å². The minimum absolute atomic E-state index is 0. The maximum Gasteiger partial charge on any atom is 0.121 e. The number of aromatic nitrogens is 4. The Hall–Kier alpha value is -7.70. The van der Waals surface area contributed by atoms with Crippen LogP contribution in [0.5, 0.6) is 0 Å². The van der Waals surface area contributed by atoms with Gasteiger partial charge in [-0.1, -0.05) is 154 Å². The number of benzene rings is 9. The van der Waals surface area contributed by atoms with Gasteiger partial charge in [-0.05, 0) is 113 Å². The van der Waals surface area contributed by atoms with E-state index in [9.17, 15) is 4.39 Å². The zero-order valence-electron chi connectivity index (χ0n) is 40.5.